The highest BCUT2D eigenvalue weighted by Gasteiger charge is 2.28. The van der Waals surface area contributed by atoms with Gasteiger partial charge in [-0.1, -0.05) is 48.8 Å². The van der Waals surface area contributed by atoms with E-state index < -0.39 is 5.97 Å². The average molecular weight is 412 g/mol. The molecule has 4 rings (SSSR count). The summed E-state index contributed by atoms with van der Waals surface area (Å²) in [5.74, 6) is 7.46. The Kier molecular flexibility index (Phi) is 5.70. The molecule has 2 aliphatic rings. The van der Waals surface area contributed by atoms with Crippen molar-refractivity contribution in [2.24, 2.45) is 0 Å². The standard InChI is InChI=1S/C25H20N2O4/c1-18-10-14-24(29)27(18)31-25(30)15-13-22(17-28)26-16-21-8-3-2-6-19(21)11-12-20-7-4-5-9-23(20)26/h2-9H,1,10,13-16H2. The first kappa shape index (κ1) is 20.2. The van der Waals surface area contributed by atoms with E-state index in [1.54, 1.807) is 0 Å². The van der Waals surface area contributed by atoms with Crippen molar-refractivity contribution in [2.45, 2.75) is 32.2 Å². The first-order valence-electron chi connectivity index (χ1n) is 9.99. The first-order valence-corrected chi connectivity index (χ1v) is 9.99. The molecule has 2 aliphatic heterocycles. The van der Waals surface area contributed by atoms with Crippen LogP contribution in [0.2, 0.25) is 0 Å². The van der Waals surface area contributed by atoms with Crippen molar-refractivity contribution >= 4 is 23.5 Å². The first-order chi connectivity index (χ1) is 15.1. The van der Waals surface area contributed by atoms with Gasteiger partial charge in [-0.15, -0.1) is 5.06 Å². The van der Waals surface area contributed by atoms with E-state index in [0.29, 0.717) is 24.4 Å². The number of rotatable bonds is 5. The summed E-state index contributed by atoms with van der Waals surface area (Å²) in [7, 11) is 0. The van der Waals surface area contributed by atoms with Crippen LogP contribution < -0.4 is 4.90 Å². The normalized spacial score (nSPS) is 14.5. The minimum absolute atomic E-state index is 0.0758. The number of benzene rings is 2. The number of hydroxylamine groups is 2. The number of para-hydroxylation sites is 1. The monoisotopic (exact) mass is 412 g/mol. The smallest absolute Gasteiger partial charge is 0.333 e. The van der Waals surface area contributed by atoms with Gasteiger partial charge in [0.1, 0.15) is 11.6 Å². The highest BCUT2D eigenvalue weighted by Crippen LogP contribution is 2.29. The highest BCUT2D eigenvalue weighted by atomic mass is 16.7. The van der Waals surface area contributed by atoms with Crippen LogP contribution in [0.25, 0.3) is 0 Å². The van der Waals surface area contributed by atoms with Crippen LogP contribution in [0.1, 0.15) is 42.4 Å². The van der Waals surface area contributed by atoms with Crippen molar-refractivity contribution in [1.82, 2.24) is 5.06 Å². The molecule has 0 saturated carbocycles. The molecule has 1 fully saturated rings. The zero-order valence-electron chi connectivity index (χ0n) is 16.9. The lowest BCUT2D eigenvalue weighted by molar-refractivity contribution is -0.186. The maximum Gasteiger partial charge on any atom is 0.333 e. The van der Waals surface area contributed by atoms with Crippen LogP contribution in [0, 0.1) is 11.8 Å². The Hall–Kier alpha value is -4.07. The molecule has 1 saturated heterocycles. The van der Waals surface area contributed by atoms with Crippen molar-refractivity contribution in [2.75, 3.05) is 4.90 Å². The lowest BCUT2D eigenvalue weighted by atomic mass is 10.0. The lowest BCUT2D eigenvalue weighted by Gasteiger charge is -2.28. The number of hydrogen-bond donors (Lipinski definition) is 0. The minimum Gasteiger partial charge on any atom is -0.334 e. The van der Waals surface area contributed by atoms with E-state index >= 15 is 0 Å². The van der Waals surface area contributed by atoms with Gasteiger partial charge in [-0.05, 0) is 30.2 Å². The molecule has 0 spiro atoms. The summed E-state index contributed by atoms with van der Waals surface area (Å²) in [5.41, 5.74) is 4.19. The maximum atomic E-state index is 12.3. The van der Waals surface area contributed by atoms with E-state index in [-0.39, 0.29) is 25.2 Å². The SMILES string of the molecule is C=C1CCC(=O)N1OC(=O)CCC(=C=O)N1Cc2ccccc2C#Cc2ccccc21. The summed E-state index contributed by atoms with van der Waals surface area (Å²) in [4.78, 5) is 43.0. The lowest BCUT2D eigenvalue weighted by Crippen LogP contribution is -2.28. The molecule has 0 aliphatic carbocycles. The van der Waals surface area contributed by atoms with Crippen LogP contribution in [-0.4, -0.2) is 22.9 Å². The summed E-state index contributed by atoms with van der Waals surface area (Å²) < 4.78 is 0. The van der Waals surface area contributed by atoms with Gasteiger partial charge < -0.3 is 9.74 Å². The second-order valence-corrected chi connectivity index (χ2v) is 7.28. The molecule has 6 heteroatoms. The van der Waals surface area contributed by atoms with Crippen LogP contribution in [-0.2, 0) is 25.8 Å². The molecule has 0 atom stereocenters. The molecule has 2 heterocycles. The third kappa shape index (κ3) is 4.28. The summed E-state index contributed by atoms with van der Waals surface area (Å²) >= 11 is 0. The van der Waals surface area contributed by atoms with Crippen molar-refractivity contribution < 1.29 is 19.2 Å². The minimum atomic E-state index is -0.607. The summed E-state index contributed by atoms with van der Waals surface area (Å²) in [6.07, 6.45) is 0.779. The molecule has 0 unspecified atom stereocenters. The highest BCUT2D eigenvalue weighted by molar-refractivity contribution is 5.82. The fraction of sp³-hybridized carbons (Fsp3) is 0.200. The summed E-state index contributed by atoms with van der Waals surface area (Å²) in [6, 6.07) is 15.3. The largest absolute Gasteiger partial charge is 0.334 e. The Balaban J connectivity index is 1.56. The van der Waals surface area contributed by atoms with Crippen LogP contribution in [0.4, 0.5) is 5.69 Å². The Morgan fingerprint density at radius 1 is 1.03 bits per heavy atom. The number of allylic oxidation sites excluding steroid dienone is 2. The average Bonchev–Trinajstić information content (AvgIpc) is 3.08. The van der Waals surface area contributed by atoms with Crippen molar-refractivity contribution in [1.29, 1.82) is 0 Å². The molecule has 0 radical (unpaired) electrons. The molecule has 31 heavy (non-hydrogen) atoms. The number of nitrogens with zero attached hydrogens (tertiary/aromatic N) is 2. The fourth-order valence-corrected chi connectivity index (χ4v) is 3.58. The van der Waals surface area contributed by atoms with Gasteiger partial charge in [-0.2, -0.15) is 0 Å². The Labute approximate surface area is 180 Å². The van der Waals surface area contributed by atoms with Gasteiger partial charge in [0.15, 0.2) is 0 Å². The van der Waals surface area contributed by atoms with Crippen LogP contribution in [0.15, 0.2) is 66.5 Å². The third-order valence-electron chi connectivity index (χ3n) is 5.22. The number of carbonyl (C=O) groups is 2. The summed E-state index contributed by atoms with van der Waals surface area (Å²) in [6.45, 7) is 4.15. The van der Waals surface area contributed by atoms with Gasteiger partial charge in [0.2, 0.25) is 0 Å². The number of carbonyl (C=O) groups excluding carboxylic acids is 3. The molecule has 154 valence electrons. The van der Waals surface area contributed by atoms with Gasteiger partial charge in [0.25, 0.3) is 5.91 Å². The fourth-order valence-electron chi connectivity index (χ4n) is 3.58. The maximum absolute atomic E-state index is 12.3. The second-order valence-electron chi connectivity index (χ2n) is 7.28. The molecule has 0 N–H and O–H groups in total. The quantitative estimate of drug-likeness (QED) is 0.556. The third-order valence-corrected chi connectivity index (χ3v) is 5.22. The number of fused-ring (bicyclic) bond motifs is 2. The van der Waals surface area contributed by atoms with E-state index in [4.69, 9.17) is 4.84 Å². The van der Waals surface area contributed by atoms with Crippen LogP contribution in [0.5, 0.6) is 0 Å². The van der Waals surface area contributed by atoms with Gasteiger partial charge in [0, 0.05) is 30.5 Å². The zero-order valence-corrected chi connectivity index (χ0v) is 16.9. The molecule has 0 aromatic heterocycles. The van der Waals surface area contributed by atoms with Gasteiger partial charge in [-0.3, -0.25) is 4.79 Å². The molecule has 0 bridgehead atoms. The molecular weight excluding hydrogens is 392 g/mol. The number of hydrogen-bond acceptors (Lipinski definition) is 5. The Morgan fingerprint density at radius 2 is 1.74 bits per heavy atom. The van der Waals surface area contributed by atoms with E-state index in [0.717, 1.165) is 27.4 Å². The Bertz CT molecular complexity index is 1170. The molecule has 2 aromatic rings. The van der Waals surface area contributed by atoms with Gasteiger partial charge >= 0.3 is 5.97 Å². The van der Waals surface area contributed by atoms with Crippen molar-refractivity contribution in [3.05, 3.63) is 83.2 Å². The Morgan fingerprint density at radius 3 is 2.48 bits per heavy atom. The van der Waals surface area contributed by atoms with E-state index in [2.05, 4.69) is 18.4 Å². The molecular formula is C25H20N2O4. The van der Waals surface area contributed by atoms with E-state index in [1.165, 1.54) is 0 Å². The number of anilines is 1. The molecule has 6 nitrogen and oxygen atoms in total. The van der Waals surface area contributed by atoms with Gasteiger partial charge in [-0.25, -0.2) is 9.59 Å². The number of amides is 1. The molecule has 1 amide bonds. The van der Waals surface area contributed by atoms with Crippen molar-refractivity contribution in [3.8, 4) is 11.8 Å². The predicted molar refractivity (Wildman–Crippen MR) is 115 cm³/mol. The van der Waals surface area contributed by atoms with E-state index in [9.17, 15) is 14.4 Å². The summed E-state index contributed by atoms with van der Waals surface area (Å²) in [5, 5.41) is 0.948. The van der Waals surface area contributed by atoms with Crippen LogP contribution >= 0.6 is 0 Å². The topological polar surface area (TPSA) is 66.9 Å². The van der Waals surface area contributed by atoms with E-state index in [1.807, 2.05) is 59.4 Å². The predicted octanol–water partition coefficient (Wildman–Crippen LogP) is 3.50. The second kappa shape index (κ2) is 8.74. The van der Waals surface area contributed by atoms with Crippen LogP contribution in [0.3, 0.4) is 0 Å². The van der Waals surface area contributed by atoms with Crippen molar-refractivity contribution in [3.63, 3.8) is 0 Å². The zero-order chi connectivity index (χ0) is 21.8. The van der Waals surface area contributed by atoms with Gasteiger partial charge in [0.05, 0.1) is 17.8 Å². The molecule has 2 aromatic carbocycles.